The number of nitrogens with two attached hydrogens (primary N) is 1. The van der Waals surface area contributed by atoms with Gasteiger partial charge in [-0.15, -0.1) is 11.8 Å². The van der Waals surface area contributed by atoms with Crippen molar-refractivity contribution >= 4 is 40.9 Å². The lowest BCUT2D eigenvalue weighted by Crippen LogP contribution is -2.15. The third kappa shape index (κ3) is 5.65. The van der Waals surface area contributed by atoms with Crippen LogP contribution in [0.5, 0.6) is 0 Å². The van der Waals surface area contributed by atoms with E-state index in [-0.39, 0.29) is 23.3 Å². The zero-order valence-corrected chi connectivity index (χ0v) is 15.0. The van der Waals surface area contributed by atoms with Gasteiger partial charge in [0.1, 0.15) is 11.6 Å². The molecule has 0 saturated heterocycles. The summed E-state index contributed by atoms with van der Waals surface area (Å²) in [7, 11) is 0. The molecule has 0 unspecified atom stereocenters. The summed E-state index contributed by atoms with van der Waals surface area (Å²) in [6.45, 7) is 0. The maximum absolute atomic E-state index is 13.5. The number of hydrogen-bond donors (Lipinski definition) is 3. The van der Waals surface area contributed by atoms with E-state index in [1.807, 2.05) is 30.3 Å². The van der Waals surface area contributed by atoms with Crippen molar-refractivity contribution in [3.63, 3.8) is 0 Å². The lowest BCUT2D eigenvalue weighted by molar-refractivity contribution is -0.113. The zero-order valence-electron chi connectivity index (χ0n) is 14.2. The number of hydrogen-bond acceptors (Lipinski definition) is 7. The highest BCUT2D eigenvalue weighted by Gasteiger charge is 2.09. The standard InChI is InChI=1S/C18H17FN6OS/c19-13-8-4-5-9-14(13)22-16(26)11-27-10-15-23-17(20)25-18(24-15)21-12-6-2-1-3-7-12/h1-9H,10-11H2,(H,22,26)(H3,20,21,23,24,25). The number of thioether (sulfide) groups is 1. The molecule has 2 aromatic carbocycles. The van der Waals surface area contributed by atoms with Crippen LogP contribution in [0, 0.1) is 5.82 Å². The van der Waals surface area contributed by atoms with Crippen LogP contribution in [-0.2, 0) is 10.5 Å². The number of carbonyl (C=O) groups excluding carboxylic acids is 1. The van der Waals surface area contributed by atoms with Crippen molar-refractivity contribution < 1.29 is 9.18 Å². The van der Waals surface area contributed by atoms with Crippen LogP contribution in [0.2, 0.25) is 0 Å². The first-order chi connectivity index (χ1) is 13.1. The molecule has 4 N–H and O–H groups in total. The van der Waals surface area contributed by atoms with Gasteiger partial charge in [0, 0.05) is 5.69 Å². The molecule has 0 atom stereocenters. The second-order valence-corrected chi connectivity index (χ2v) is 6.43. The molecule has 0 aliphatic rings. The number of rotatable bonds is 7. The third-order valence-electron chi connectivity index (χ3n) is 3.34. The largest absolute Gasteiger partial charge is 0.368 e. The van der Waals surface area contributed by atoms with Crippen molar-refractivity contribution in [3.05, 3.63) is 66.2 Å². The van der Waals surface area contributed by atoms with Crippen molar-refractivity contribution in [2.75, 3.05) is 22.1 Å². The molecule has 0 fully saturated rings. The van der Waals surface area contributed by atoms with Crippen LogP contribution >= 0.6 is 11.8 Å². The number of amides is 1. The van der Waals surface area contributed by atoms with Gasteiger partial charge in [-0.2, -0.15) is 15.0 Å². The van der Waals surface area contributed by atoms with Crippen LogP contribution in [0.15, 0.2) is 54.6 Å². The maximum atomic E-state index is 13.5. The van der Waals surface area contributed by atoms with Gasteiger partial charge >= 0.3 is 0 Å². The molecule has 0 aliphatic heterocycles. The van der Waals surface area contributed by atoms with Gasteiger partial charge in [-0.05, 0) is 24.3 Å². The quantitative estimate of drug-likeness (QED) is 0.574. The SMILES string of the molecule is Nc1nc(CSCC(=O)Nc2ccccc2F)nc(Nc2ccccc2)n1. The third-order valence-corrected chi connectivity index (χ3v) is 4.27. The normalized spacial score (nSPS) is 10.4. The molecule has 3 rings (SSSR count). The second-order valence-electron chi connectivity index (χ2n) is 5.45. The van der Waals surface area contributed by atoms with Crippen molar-refractivity contribution in [2.45, 2.75) is 5.75 Å². The summed E-state index contributed by atoms with van der Waals surface area (Å²) in [6.07, 6.45) is 0. The fourth-order valence-electron chi connectivity index (χ4n) is 2.19. The van der Waals surface area contributed by atoms with Crippen molar-refractivity contribution in [2.24, 2.45) is 0 Å². The molecule has 3 aromatic rings. The Morgan fingerprint density at radius 2 is 1.78 bits per heavy atom. The molecular formula is C18H17FN6OS. The van der Waals surface area contributed by atoms with Gasteiger partial charge in [0.15, 0.2) is 0 Å². The fourth-order valence-corrected chi connectivity index (χ4v) is 2.86. The smallest absolute Gasteiger partial charge is 0.234 e. The van der Waals surface area contributed by atoms with Crippen LogP contribution in [0.4, 0.5) is 27.7 Å². The zero-order chi connectivity index (χ0) is 19.1. The Kier molecular flexibility index (Phi) is 6.16. The number of benzene rings is 2. The molecule has 1 aromatic heterocycles. The summed E-state index contributed by atoms with van der Waals surface area (Å²) >= 11 is 1.29. The number of nitrogens with zero attached hydrogens (tertiary/aromatic N) is 3. The van der Waals surface area contributed by atoms with Gasteiger partial charge < -0.3 is 16.4 Å². The van der Waals surface area contributed by atoms with Gasteiger partial charge in [-0.1, -0.05) is 30.3 Å². The maximum Gasteiger partial charge on any atom is 0.234 e. The topological polar surface area (TPSA) is 106 Å². The van der Waals surface area contributed by atoms with E-state index in [4.69, 9.17) is 5.73 Å². The second kappa shape index (κ2) is 8.95. The summed E-state index contributed by atoms with van der Waals surface area (Å²) in [5.74, 6) is 0.578. The summed E-state index contributed by atoms with van der Waals surface area (Å²) in [4.78, 5) is 24.4. The van der Waals surface area contributed by atoms with Gasteiger partial charge in [-0.25, -0.2) is 4.39 Å². The Labute approximate surface area is 159 Å². The molecule has 9 heteroatoms. The highest BCUT2D eigenvalue weighted by atomic mass is 32.2. The summed E-state index contributed by atoms with van der Waals surface area (Å²) < 4.78 is 13.5. The van der Waals surface area contributed by atoms with E-state index in [0.717, 1.165) is 5.69 Å². The molecule has 7 nitrogen and oxygen atoms in total. The van der Waals surface area contributed by atoms with Crippen LogP contribution in [0.3, 0.4) is 0 Å². The van der Waals surface area contributed by atoms with Crippen molar-refractivity contribution in [1.29, 1.82) is 0 Å². The average Bonchev–Trinajstić information content (AvgIpc) is 2.64. The van der Waals surface area contributed by atoms with E-state index in [9.17, 15) is 9.18 Å². The first-order valence-corrected chi connectivity index (χ1v) is 9.20. The van der Waals surface area contributed by atoms with Gasteiger partial charge in [0.25, 0.3) is 0 Å². The summed E-state index contributed by atoms with van der Waals surface area (Å²) in [6, 6.07) is 15.4. The number of halogens is 1. The number of nitrogen functional groups attached to an aromatic ring is 1. The highest BCUT2D eigenvalue weighted by Crippen LogP contribution is 2.16. The Bertz CT molecular complexity index is 925. The van der Waals surface area contributed by atoms with Gasteiger partial charge in [0.2, 0.25) is 17.8 Å². The number of para-hydroxylation sites is 2. The molecule has 138 valence electrons. The molecule has 1 amide bonds. The van der Waals surface area contributed by atoms with Crippen LogP contribution in [0.1, 0.15) is 5.82 Å². The molecule has 0 aliphatic carbocycles. The first-order valence-electron chi connectivity index (χ1n) is 8.05. The predicted molar refractivity (Wildman–Crippen MR) is 105 cm³/mol. The average molecular weight is 384 g/mol. The lowest BCUT2D eigenvalue weighted by atomic mass is 10.3. The molecule has 0 bridgehead atoms. The monoisotopic (exact) mass is 384 g/mol. The summed E-state index contributed by atoms with van der Waals surface area (Å²) in [5, 5.41) is 5.58. The molecular weight excluding hydrogens is 367 g/mol. The van der Waals surface area contributed by atoms with E-state index in [2.05, 4.69) is 25.6 Å². The van der Waals surface area contributed by atoms with Gasteiger partial charge in [-0.3, -0.25) is 4.79 Å². The highest BCUT2D eigenvalue weighted by molar-refractivity contribution is 7.99. The Hall–Kier alpha value is -3.20. The Morgan fingerprint density at radius 1 is 1.04 bits per heavy atom. The minimum absolute atomic E-state index is 0.0924. The van der Waals surface area contributed by atoms with Gasteiger partial charge in [0.05, 0.1) is 17.2 Å². The van der Waals surface area contributed by atoms with E-state index in [1.165, 1.54) is 23.9 Å². The Balaban J connectivity index is 1.55. The fraction of sp³-hybridized carbons (Fsp3) is 0.111. The number of carbonyl (C=O) groups is 1. The predicted octanol–water partition coefficient (Wildman–Crippen LogP) is 3.21. The molecule has 27 heavy (non-hydrogen) atoms. The van der Waals surface area contributed by atoms with Crippen molar-refractivity contribution in [1.82, 2.24) is 15.0 Å². The van der Waals surface area contributed by atoms with E-state index < -0.39 is 5.82 Å². The van der Waals surface area contributed by atoms with E-state index >= 15 is 0 Å². The van der Waals surface area contributed by atoms with Crippen molar-refractivity contribution in [3.8, 4) is 0 Å². The molecule has 0 saturated carbocycles. The van der Waals surface area contributed by atoms with Crippen LogP contribution < -0.4 is 16.4 Å². The minimum Gasteiger partial charge on any atom is -0.368 e. The summed E-state index contributed by atoms with van der Waals surface area (Å²) in [5.41, 5.74) is 6.71. The number of anilines is 4. The lowest BCUT2D eigenvalue weighted by Gasteiger charge is -2.08. The number of aromatic nitrogens is 3. The molecule has 0 radical (unpaired) electrons. The van der Waals surface area contributed by atoms with Crippen LogP contribution in [0.25, 0.3) is 0 Å². The van der Waals surface area contributed by atoms with E-state index in [0.29, 0.717) is 17.5 Å². The van der Waals surface area contributed by atoms with E-state index in [1.54, 1.807) is 12.1 Å². The number of nitrogens with one attached hydrogen (secondary N) is 2. The molecule has 1 heterocycles. The minimum atomic E-state index is -0.474. The molecule has 0 spiro atoms. The first kappa shape index (κ1) is 18.6. The van der Waals surface area contributed by atoms with Crippen LogP contribution in [-0.4, -0.2) is 26.6 Å². The Morgan fingerprint density at radius 3 is 2.56 bits per heavy atom.